The Morgan fingerprint density at radius 1 is 0.895 bits per heavy atom. The fourth-order valence-corrected chi connectivity index (χ4v) is 6.78. The van der Waals surface area contributed by atoms with E-state index in [9.17, 15) is 0 Å². The molecule has 3 rings (SSSR count). The SMILES string of the molecule is C[Si](C)(C)c1c(Br)[n+]2ccccc2c2ccccc12. The van der Waals surface area contributed by atoms with Gasteiger partial charge in [0.25, 0.3) is 4.60 Å². The van der Waals surface area contributed by atoms with E-state index >= 15 is 0 Å². The van der Waals surface area contributed by atoms with Crippen molar-refractivity contribution < 1.29 is 4.40 Å². The number of benzene rings is 1. The Morgan fingerprint density at radius 2 is 1.53 bits per heavy atom. The molecule has 0 atom stereocenters. The normalized spacial score (nSPS) is 12.2. The van der Waals surface area contributed by atoms with Gasteiger partial charge in [-0.25, -0.2) is 0 Å². The Balaban J connectivity index is 2.63. The van der Waals surface area contributed by atoms with Gasteiger partial charge in [0.1, 0.15) is 0 Å². The average Bonchev–Trinajstić information content (AvgIpc) is 2.38. The topological polar surface area (TPSA) is 4.10 Å². The molecule has 0 aliphatic rings. The predicted octanol–water partition coefficient (Wildman–Crippen LogP) is 3.89. The smallest absolute Gasteiger partial charge is 0.154 e. The minimum Gasteiger partial charge on any atom is -0.154 e. The fraction of sp³-hybridized carbons (Fsp3) is 0.188. The maximum atomic E-state index is 3.84. The van der Waals surface area contributed by atoms with Gasteiger partial charge in [-0.15, -0.1) is 0 Å². The van der Waals surface area contributed by atoms with Crippen molar-refractivity contribution >= 4 is 45.5 Å². The number of nitrogens with zero attached hydrogens (tertiary/aromatic N) is 1. The first kappa shape index (κ1) is 12.8. The molecule has 3 heteroatoms. The molecular weight excluding hydrogens is 314 g/mol. The summed E-state index contributed by atoms with van der Waals surface area (Å²) in [5.41, 5.74) is 1.26. The van der Waals surface area contributed by atoms with Crippen molar-refractivity contribution in [1.82, 2.24) is 0 Å². The molecule has 1 nitrogen and oxygen atoms in total. The minimum absolute atomic E-state index is 1.21. The standard InChI is InChI=1S/C16H17BrNSi/c1-19(2,3)15-13-9-5-4-8-12(13)14-10-6-7-11-18(14)16(15)17/h4-11H,1-3H3/q+1. The third-order valence-electron chi connectivity index (χ3n) is 3.50. The van der Waals surface area contributed by atoms with Crippen LogP contribution in [-0.2, 0) is 0 Å². The molecule has 0 aliphatic carbocycles. The molecule has 2 aromatic heterocycles. The van der Waals surface area contributed by atoms with Crippen LogP contribution in [0, 0.1) is 0 Å². The van der Waals surface area contributed by atoms with Crippen LogP contribution in [0.5, 0.6) is 0 Å². The molecule has 0 amide bonds. The van der Waals surface area contributed by atoms with Crippen molar-refractivity contribution in [2.75, 3.05) is 0 Å². The quantitative estimate of drug-likeness (QED) is 0.276. The number of halogens is 1. The number of fused-ring (bicyclic) bond motifs is 3. The Hall–Kier alpha value is -1.19. The second kappa shape index (κ2) is 4.42. The zero-order valence-electron chi connectivity index (χ0n) is 11.4. The highest BCUT2D eigenvalue weighted by atomic mass is 79.9. The Labute approximate surface area is 123 Å². The summed E-state index contributed by atoms with van der Waals surface area (Å²) in [5.74, 6) is 0. The molecule has 0 radical (unpaired) electrons. The highest BCUT2D eigenvalue weighted by Crippen LogP contribution is 2.22. The summed E-state index contributed by atoms with van der Waals surface area (Å²) in [5, 5.41) is 4.22. The highest BCUT2D eigenvalue weighted by molar-refractivity contribution is 9.10. The summed E-state index contributed by atoms with van der Waals surface area (Å²) in [6.07, 6.45) is 2.13. The average molecular weight is 331 g/mol. The molecule has 1 aromatic carbocycles. The van der Waals surface area contributed by atoms with Gasteiger partial charge in [-0.2, -0.15) is 4.40 Å². The van der Waals surface area contributed by atoms with Crippen LogP contribution in [0.4, 0.5) is 0 Å². The van der Waals surface area contributed by atoms with Gasteiger partial charge in [0.05, 0.1) is 13.5 Å². The monoisotopic (exact) mass is 330 g/mol. The third-order valence-corrected chi connectivity index (χ3v) is 6.65. The molecule has 0 saturated heterocycles. The van der Waals surface area contributed by atoms with E-state index in [4.69, 9.17) is 0 Å². The van der Waals surface area contributed by atoms with Crippen LogP contribution in [0.15, 0.2) is 53.3 Å². The van der Waals surface area contributed by atoms with Crippen LogP contribution in [0.25, 0.3) is 16.3 Å². The first-order valence-corrected chi connectivity index (χ1v) is 10.8. The van der Waals surface area contributed by atoms with E-state index in [-0.39, 0.29) is 0 Å². The van der Waals surface area contributed by atoms with E-state index in [0.29, 0.717) is 0 Å². The van der Waals surface area contributed by atoms with E-state index in [2.05, 4.69) is 88.6 Å². The zero-order chi connectivity index (χ0) is 13.6. The van der Waals surface area contributed by atoms with Crippen molar-refractivity contribution in [2.24, 2.45) is 0 Å². The predicted molar refractivity (Wildman–Crippen MR) is 87.8 cm³/mol. The summed E-state index contributed by atoms with van der Waals surface area (Å²) in [7, 11) is -1.43. The molecule has 96 valence electrons. The fourth-order valence-electron chi connectivity index (χ4n) is 2.70. The van der Waals surface area contributed by atoms with Gasteiger partial charge >= 0.3 is 0 Å². The molecule has 2 heterocycles. The van der Waals surface area contributed by atoms with Crippen molar-refractivity contribution in [1.29, 1.82) is 0 Å². The number of aromatic nitrogens is 1. The van der Waals surface area contributed by atoms with Crippen LogP contribution in [0.1, 0.15) is 0 Å². The van der Waals surface area contributed by atoms with Crippen LogP contribution >= 0.6 is 15.9 Å². The molecule has 0 bridgehead atoms. The van der Waals surface area contributed by atoms with Crippen molar-refractivity contribution in [3.63, 3.8) is 0 Å². The van der Waals surface area contributed by atoms with Gasteiger partial charge in [0, 0.05) is 33.2 Å². The Bertz CT molecular complexity index is 775. The summed E-state index contributed by atoms with van der Waals surface area (Å²) < 4.78 is 3.47. The maximum Gasteiger partial charge on any atom is 0.253 e. The van der Waals surface area contributed by atoms with E-state index in [0.717, 1.165) is 0 Å². The van der Waals surface area contributed by atoms with Crippen molar-refractivity contribution in [3.8, 4) is 0 Å². The number of pyridine rings is 2. The van der Waals surface area contributed by atoms with Gasteiger partial charge in [-0.1, -0.05) is 37.8 Å². The number of hydrogen-bond donors (Lipinski definition) is 0. The van der Waals surface area contributed by atoms with Crippen LogP contribution in [0.3, 0.4) is 0 Å². The molecular formula is C16H17BrNSi+. The van der Waals surface area contributed by atoms with E-state index in [1.54, 1.807) is 0 Å². The first-order chi connectivity index (χ1) is 9.00. The molecule has 0 spiro atoms. The molecule has 0 unspecified atom stereocenters. The van der Waals surface area contributed by atoms with Crippen LogP contribution < -0.4 is 9.59 Å². The molecule has 19 heavy (non-hydrogen) atoms. The van der Waals surface area contributed by atoms with Crippen LogP contribution in [0.2, 0.25) is 19.6 Å². The van der Waals surface area contributed by atoms with E-state index in [1.807, 2.05) is 0 Å². The molecule has 3 aromatic rings. The summed E-state index contributed by atoms with van der Waals surface area (Å²) in [6.45, 7) is 7.19. The van der Waals surface area contributed by atoms with Gasteiger partial charge in [-0.3, -0.25) is 0 Å². The lowest BCUT2D eigenvalue weighted by Crippen LogP contribution is -2.45. The number of rotatable bonds is 1. The van der Waals surface area contributed by atoms with Gasteiger partial charge < -0.3 is 0 Å². The van der Waals surface area contributed by atoms with E-state index in [1.165, 1.54) is 26.1 Å². The summed E-state index contributed by atoms with van der Waals surface area (Å²) in [6, 6.07) is 15.1. The second-order valence-corrected chi connectivity index (χ2v) is 11.7. The highest BCUT2D eigenvalue weighted by Gasteiger charge is 2.29. The zero-order valence-corrected chi connectivity index (χ0v) is 14.0. The lowest BCUT2D eigenvalue weighted by atomic mass is 10.1. The molecule has 0 fully saturated rings. The molecule has 0 N–H and O–H groups in total. The second-order valence-electron chi connectivity index (χ2n) is 5.92. The maximum absolute atomic E-state index is 3.84. The minimum atomic E-state index is -1.43. The van der Waals surface area contributed by atoms with E-state index < -0.39 is 8.07 Å². The van der Waals surface area contributed by atoms with Crippen molar-refractivity contribution in [2.45, 2.75) is 19.6 Å². The first-order valence-electron chi connectivity index (χ1n) is 6.51. The lowest BCUT2D eigenvalue weighted by molar-refractivity contribution is -0.522. The van der Waals surface area contributed by atoms with Crippen LogP contribution in [-0.4, -0.2) is 8.07 Å². The Kier molecular flexibility index (Phi) is 2.99. The Morgan fingerprint density at radius 3 is 2.21 bits per heavy atom. The largest absolute Gasteiger partial charge is 0.253 e. The van der Waals surface area contributed by atoms with Gasteiger partial charge in [0.15, 0.2) is 6.20 Å². The number of hydrogen-bond acceptors (Lipinski definition) is 0. The summed E-state index contributed by atoms with van der Waals surface area (Å²) >= 11 is 3.84. The third kappa shape index (κ3) is 2.01. The summed E-state index contributed by atoms with van der Waals surface area (Å²) in [4.78, 5) is 0. The van der Waals surface area contributed by atoms with Gasteiger partial charge in [0.2, 0.25) is 5.52 Å². The molecule has 0 saturated carbocycles. The lowest BCUT2D eigenvalue weighted by Gasteiger charge is -2.19. The molecule has 0 aliphatic heterocycles. The van der Waals surface area contributed by atoms with Gasteiger partial charge in [-0.05, 0) is 17.5 Å². The van der Waals surface area contributed by atoms with Crippen molar-refractivity contribution in [3.05, 3.63) is 53.3 Å².